The van der Waals surface area contributed by atoms with Crippen LogP contribution in [0.25, 0.3) is 0 Å². The molecule has 21 heavy (non-hydrogen) atoms. The summed E-state index contributed by atoms with van der Waals surface area (Å²) in [4.78, 5) is 12.3. The molecule has 0 spiro atoms. The Balaban J connectivity index is 2.30. The second-order valence-corrected chi connectivity index (χ2v) is 4.57. The number of methoxy groups -OCH3 is 1. The highest BCUT2D eigenvalue weighted by Gasteiger charge is 2.14. The van der Waals surface area contributed by atoms with E-state index in [1.54, 1.807) is 24.3 Å². The molecule has 0 radical (unpaired) electrons. The fourth-order valence-electron chi connectivity index (χ4n) is 1.94. The molecule has 5 heteroatoms. The number of nitrogens with two attached hydrogens (primary N) is 1. The van der Waals surface area contributed by atoms with Crippen molar-refractivity contribution >= 4 is 17.3 Å². The molecule has 0 fully saturated rings. The van der Waals surface area contributed by atoms with Crippen molar-refractivity contribution in [2.75, 3.05) is 18.2 Å². The number of nitrogen functional groups attached to an aromatic ring is 1. The first kappa shape index (κ1) is 14.4. The first-order valence-electron chi connectivity index (χ1n) is 6.30. The van der Waals surface area contributed by atoms with Crippen molar-refractivity contribution in [2.24, 2.45) is 0 Å². The summed E-state index contributed by atoms with van der Waals surface area (Å²) in [6.07, 6.45) is 0. The Kier molecular flexibility index (Phi) is 4.10. The van der Waals surface area contributed by atoms with E-state index in [1.807, 2.05) is 19.1 Å². The molecule has 2 aromatic carbocycles. The number of aryl methyl sites for hydroxylation is 1. The topological polar surface area (TPSA) is 88.1 Å². The Hall–Kier alpha value is -3.00. The quantitative estimate of drug-likeness (QED) is 0.847. The summed E-state index contributed by atoms with van der Waals surface area (Å²) in [5.74, 6) is 0.178. The smallest absolute Gasteiger partial charge is 0.259 e. The maximum atomic E-state index is 12.3. The van der Waals surface area contributed by atoms with Crippen molar-refractivity contribution in [3.63, 3.8) is 0 Å². The molecule has 0 bridgehead atoms. The molecule has 106 valence electrons. The number of anilines is 2. The lowest BCUT2D eigenvalue weighted by molar-refractivity contribution is 0.102. The van der Waals surface area contributed by atoms with Crippen LogP contribution in [0.5, 0.6) is 5.75 Å². The van der Waals surface area contributed by atoms with E-state index in [0.29, 0.717) is 28.3 Å². The highest BCUT2D eigenvalue weighted by atomic mass is 16.5. The lowest BCUT2D eigenvalue weighted by Crippen LogP contribution is -2.14. The minimum absolute atomic E-state index is 0.313. The van der Waals surface area contributed by atoms with Gasteiger partial charge in [0.1, 0.15) is 5.75 Å². The van der Waals surface area contributed by atoms with Crippen LogP contribution in [0.1, 0.15) is 21.5 Å². The molecule has 2 aromatic rings. The van der Waals surface area contributed by atoms with Crippen molar-refractivity contribution in [2.45, 2.75) is 6.92 Å². The van der Waals surface area contributed by atoms with Crippen LogP contribution in [0, 0.1) is 18.3 Å². The predicted molar refractivity (Wildman–Crippen MR) is 81.3 cm³/mol. The maximum absolute atomic E-state index is 12.3. The van der Waals surface area contributed by atoms with Gasteiger partial charge < -0.3 is 15.8 Å². The van der Waals surface area contributed by atoms with Crippen LogP contribution >= 0.6 is 0 Å². The van der Waals surface area contributed by atoms with E-state index in [9.17, 15) is 4.79 Å². The number of carbonyl (C=O) groups excluding carboxylic acids is 1. The van der Waals surface area contributed by atoms with Crippen LogP contribution in [0.4, 0.5) is 11.4 Å². The average molecular weight is 281 g/mol. The van der Waals surface area contributed by atoms with Crippen molar-refractivity contribution in [1.82, 2.24) is 0 Å². The zero-order chi connectivity index (χ0) is 15.4. The lowest BCUT2D eigenvalue weighted by atomic mass is 10.1. The summed E-state index contributed by atoms with van der Waals surface area (Å²) in [5.41, 5.74) is 8.46. The fourth-order valence-corrected chi connectivity index (χ4v) is 1.94. The van der Waals surface area contributed by atoms with Gasteiger partial charge in [-0.2, -0.15) is 5.26 Å². The summed E-state index contributed by atoms with van der Waals surface area (Å²) < 4.78 is 5.19. The normalized spacial score (nSPS) is 9.76. The van der Waals surface area contributed by atoms with Crippen molar-refractivity contribution in [1.29, 1.82) is 5.26 Å². The summed E-state index contributed by atoms with van der Waals surface area (Å²) >= 11 is 0. The molecule has 0 heterocycles. The Morgan fingerprint density at radius 2 is 2.05 bits per heavy atom. The number of ether oxygens (including phenoxy) is 1. The molecular weight excluding hydrogens is 266 g/mol. The monoisotopic (exact) mass is 281 g/mol. The number of hydrogen-bond acceptors (Lipinski definition) is 4. The van der Waals surface area contributed by atoms with Gasteiger partial charge in [0.2, 0.25) is 0 Å². The van der Waals surface area contributed by atoms with E-state index in [-0.39, 0.29) is 5.91 Å². The van der Waals surface area contributed by atoms with Crippen LogP contribution in [0.15, 0.2) is 36.4 Å². The lowest BCUT2D eigenvalue weighted by Gasteiger charge is -2.11. The standard InChI is InChI=1S/C16H15N3O2/c1-10-3-6-15(21-2)12(7-10)16(20)19-14-5-4-11(9-17)8-13(14)18/h3-8H,18H2,1-2H3,(H,19,20). The second-order valence-electron chi connectivity index (χ2n) is 4.57. The third kappa shape index (κ3) is 3.12. The molecular formula is C16H15N3O2. The molecule has 2 rings (SSSR count). The zero-order valence-electron chi connectivity index (χ0n) is 11.8. The number of nitrogens with one attached hydrogen (secondary N) is 1. The summed E-state index contributed by atoms with van der Waals surface area (Å²) in [6, 6.07) is 12.1. The Morgan fingerprint density at radius 1 is 1.29 bits per heavy atom. The van der Waals surface area contributed by atoms with Crippen molar-refractivity contribution < 1.29 is 9.53 Å². The SMILES string of the molecule is COc1ccc(C)cc1C(=O)Nc1ccc(C#N)cc1N. The van der Waals surface area contributed by atoms with Gasteiger partial charge in [-0.3, -0.25) is 4.79 Å². The number of rotatable bonds is 3. The van der Waals surface area contributed by atoms with E-state index < -0.39 is 0 Å². The van der Waals surface area contributed by atoms with Gasteiger partial charge in [0.25, 0.3) is 5.91 Å². The minimum atomic E-state index is -0.313. The highest BCUT2D eigenvalue weighted by molar-refractivity contribution is 6.07. The molecule has 0 saturated carbocycles. The van der Waals surface area contributed by atoms with Crippen LogP contribution in [0.3, 0.4) is 0 Å². The maximum Gasteiger partial charge on any atom is 0.259 e. The minimum Gasteiger partial charge on any atom is -0.496 e. The van der Waals surface area contributed by atoms with Gasteiger partial charge in [-0.1, -0.05) is 11.6 Å². The molecule has 3 N–H and O–H groups in total. The van der Waals surface area contributed by atoms with Gasteiger partial charge in [0, 0.05) is 0 Å². The molecule has 0 aliphatic carbocycles. The third-order valence-electron chi connectivity index (χ3n) is 3.03. The van der Waals surface area contributed by atoms with Gasteiger partial charge in [0.15, 0.2) is 0 Å². The van der Waals surface area contributed by atoms with Crippen LogP contribution < -0.4 is 15.8 Å². The van der Waals surface area contributed by atoms with E-state index in [4.69, 9.17) is 15.7 Å². The molecule has 5 nitrogen and oxygen atoms in total. The number of hydrogen-bond donors (Lipinski definition) is 2. The average Bonchev–Trinajstić information content (AvgIpc) is 2.49. The number of nitriles is 1. The first-order chi connectivity index (χ1) is 10.0. The molecule has 0 aromatic heterocycles. The van der Waals surface area contributed by atoms with E-state index in [0.717, 1.165) is 5.56 Å². The number of benzene rings is 2. The molecule has 0 aliphatic heterocycles. The number of amides is 1. The van der Waals surface area contributed by atoms with Crippen LogP contribution in [-0.2, 0) is 0 Å². The molecule has 0 saturated heterocycles. The molecule has 0 aliphatic rings. The Morgan fingerprint density at radius 3 is 2.67 bits per heavy atom. The van der Waals surface area contributed by atoms with Crippen LogP contribution in [0.2, 0.25) is 0 Å². The largest absolute Gasteiger partial charge is 0.496 e. The predicted octanol–water partition coefficient (Wildman–Crippen LogP) is 2.71. The molecule has 0 atom stereocenters. The van der Waals surface area contributed by atoms with E-state index in [1.165, 1.54) is 13.2 Å². The number of nitrogens with zero attached hydrogens (tertiary/aromatic N) is 1. The fraction of sp³-hybridized carbons (Fsp3) is 0.125. The molecule has 0 unspecified atom stereocenters. The Labute approximate surface area is 123 Å². The number of carbonyl (C=O) groups is 1. The van der Waals surface area contributed by atoms with Gasteiger partial charge in [-0.15, -0.1) is 0 Å². The highest BCUT2D eigenvalue weighted by Crippen LogP contribution is 2.24. The van der Waals surface area contributed by atoms with Gasteiger partial charge in [-0.25, -0.2) is 0 Å². The van der Waals surface area contributed by atoms with Crippen molar-refractivity contribution in [3.8, 4) is 11.8 Å². The molecule has 1 amide bonds. The second kappa shape index (κ2) is 5.97. The first-order valence-corrected chi connectivity index (χ1v) is 6.30. The third-order valence-corrected chi connectivity index (χ3v) is 3.03. The van der Waals surface area contributed by atoms with Gasteiger partial charge >= 0.3 is 0 Å². The van der Waals surface area contributed by atoms with Gasteiger partial charge in [-0.05, 0) is 37.3 Å². The van der Waals surface area contributed by atoms with E-state index >= 15 is 0 Å². The zero-order valence-corrected chi connectivity index (χ0v) is 11.8. The Bertz CT molecular complexity index is 733. The summed E-state index contributed by atoms with van der Waals surface area (Å²) in [7, 11) is 1.51. The van der Waals surface area contributed by atoms with E-state index in [2.05, 4.69) is 5.32 Å². The van der Waals surface area contributed by atoms with Crippen LogP contribution in [-0.4, -0.2) is 13.0 Å². The summed E-state index contributed by atoms with van der Waals surface area (Å²) in [6.45, 7) is 1.90. The van der Waals surface area contributed by atoms with Crippen molar-refractivity contribution in [3.05, 3.63) is 53.1 Å². The summed E-state index contributed by atoms with van der Waals surface area (Å²) in [5, 5.41) is 11.5. The van der Waals surface area contributed by atoms with Gasteiger partial charge in [0.05, 0.1) is 35.7 Å².